The van der Waals surface area contributed by atoms with Gasteiger partial charge >= 0.3 is 5.97 Å². The molecule has 154 valence electrons. The van der Waals surface area contributed by atoms with Gasteiger partial charge in [0.15, 0.2) is 12.4 Å². The zero-order valence-electron chi connectivity index (χ0n) is 17.0. The molecule has 0 amide bonds. The highest BCUT2D eigenvalue weighted by molar-refractivity contribution is 6.33. The second kappa shape index (κ2) is 9.11. The third-order valence-corrected chi connectivity index (χ3v) is 5.43. The standard InChI is InChI=1S/C26H20ClNO3/c1-2-17-11-13-18(14-12-17)25(29)16-31-26(30)21-15-24(20-8-3-5-9-22(20)27)28-23-10-6-4-7-19(21)23/h3-15H,2,16H2,1H3. The zero-order valence-corrected chi connectivity index (χ0v) is 17.7. The number of hydrogen-bond donors (Lipinski definition) is 0. The number of ketones is 1. The fraction of sp³-hybridized carbons (Fsp3) is 0.115. The smallest absolute Gasteiger partial charge is 0.339 e. The summed E-state index contributed by atoms with van der Waals surface area (Å²) in [5, 5.41) is 1.19. The Hall–Kier alpha value is -3.50. The number of aryl methyl sites for hydroxylation is 1. The molecule has 1 aromatic heterocycles. The Morgan fingerprint density at radius 1 is 0.935 bits per heavy atom. The molecule has 0 bridgehead atoms. The number of nitrogens with zero attached hydrogens (tertiary/aromatic N) is 1. The van der Waals surface area contributed by atoms with Crippen LogP contribution in [0.2, 0.25) is 5.02 Å². The van der Waals surface area contributed by atoms with Crippen molar-refractivity contribution in [2.75, 3.05) is 6.61 Å². The molecule has 4 nitrogen and oxygen atoms in total. The molecule has 4 rings (SSSR count). The first kappa shape index (κ1) is 20.8. The Morgan fingerprint density at radius 3 is 2.39 bits per heavy atom. The van der Waals surface area contributed by atoms with Crippen LogP contribution in [-0.2, 0) is 11.2 Å². The molecule has 0 atom stereocenters. The Balaban J connectivity index is 1.62. The number of carbonyl (C=O) groups excluding carboxylic acids is 2. The van der Waals surface area contributed by atoms with E-state index in [1.165, 1.54) is 0 Å². The summed E-state index contributed by atoms with van der Waals surface area (Å²) >= 11 is 6.33. The van der Waals surface area contributed by atoms with Crippen LogP contribution in [0.5, 0.6) is 0 Å². The van der Waals surface area contributed by atoms with E-state index in [0.29, 0.717) is 32.7 Å². The minimum atomic E-state index is -0.578. The van der Waals surface area contributed by atoms with Crippen molar-refractivity contribution < 1.29 is 14.3 Å². The minimum absolute atomic E-state index is 0.249. The van der Waals surface area contributed by atoms with Crippen LogP contribution < -0.4 is 0 Å². The first-order valence-electron chi connectivity index (χ1n) is 10.0. The molecule has 1 heterocycles. The maximum absolute atomic E-state index is 12.9. The predicted octanol–water partition coefficient (Wildman–Crippen LogP) is 6.16. The summed E-state index contributed by atoms with van der Waals surface area (Å²) in [6.45, 7) is 1.72. The molecule has 5 heteroatoms. The van der Waals surface area contributed by atoms with Crippen molar-refractivity contribution in [2.45, 2.75) is 13.3 Å². The van der Waals surface area contributed by atoms with E-state index in [4.69, 9.17) is 16.3 Å². The van der Waals surface area contributed by atoms with Gasteiger partial charge in [0.2, 0.25) is 0 Å². The van der Waals surface area contributed by atoms with Crippen molar-refractivity contribution >= 4 is 34.3 Å². The summed E-state index contributed by atoms with van der Waals surface area (Å²) in [7, 11) is 0. The lowest BCUT2D eigenvalue weighted by Crippen LogP contribution is -2.15. The van der Waals surface area contributed by atoms with Gasteiger partial charge in [0.25, 0.3) is 0 Å². The number of para-hydroxylation sites is 1. The van der Waals surface area contributed by atoms with Crippen LogP contribution in [0.25, 0.3) is 22.2 Å². The molecular formula is C26H20ClNO3. The summed E-state index contributed by atoms with van der Waals surface area (Å²) < 4.78 is 5.38. The van der Waals surface area contributed by atoms with Crippen LogP contribution in [0.3, 0.4) is 0 Å². The molecule has 0 aliphatic carbocycles. The number of hydrogen-bond acceptors (Lipinski definition) is 4. The highest BCUT2D eigenvalue weighted by Crippen LogP contribution is 2.30. The lowest BCUT2D eigenvalue weighted by molar-refractivity contribution is 0.0476. The van der Waals surface area contributed by atoms with E-state index in [2.05, 4.69) is 11.9 Å². The van der Waals surface area contributed by atoms with Gasteiger partial charge < -0.3 is 4.74 Å². The van der Waals surface area contributed by atoms with Crippen LogP contribution in [0.4, 0.5) is 0 Å². The van der Waals surface area contributed by atoms with Crippen molar-refractivity contribution in [1.29, 1.82) is 0 Å². The van der Waals surface area contributed by atoms with E-state index in [1.54, 1.807) is 30.3 Å². The number of carbonyl (C=O) groups is 2. The molecule has 0 saturated carbocycles. The molecule has 0 unspecified atom stereocenters. The number of ether oxygens (including phenoxy) is 1. The fourth-order valence-electron chi connectivity index (χ4n) is 3.37. The second-order valence-electron chi connectivity index (χ2n) is 7.10. The highest BCUT2D eigenvalue weighted by atomic mass is 35.5. The summed E-state index contributed by atoms with van der Waals surface area (Å²) in [6.07, 6.45) is 0.895. The van der Waals surface area contributed by atoms with Crippen molar-refractivity contribution in [3.63, 3.8) is 0 Å². The fourth-order valence-corrected chi connectivity index (χ4v) is 3.60. The van der Waals surface area contributed by atoms with Crippen LogP contribution in [0.15, 0.2) is 78.9 Å². The molecule has 31 heavy (non-hydrogen) atoms. The van der Waals surface area contributed by atoms with Crippen molar-refractivity contribution in [1.82, 2.24) is 4.98 Å². The number of benzene rings is 3. The number of fused-ring (bicyclic) bond motifs is 1. The summed E-state index contributed by atoms with van der Waals surface area (Å²) in [5.74, 6) is -0.828. The van der Waals surface area contributed by atoms with Crippen LogP contribution in [-0.4, -0.2) is 23.3 Å². The van der Waals surface area contributed by atoms with E-state index < -0.39 is 5.97 Å². The topological polar surface area (TPSA) is 56.3 Å². The number of rotatable bonds is 6. The molecule has 4 aromatic rings. The maximum atomic E-state index is 12.9. The van der Waals surface area contributed by atoms with Gasteiger partial charge in [-0.2, -0.15) is 0 Å². The van der Waals surface area contributed by atoms with E-state index in [9.17, 15) is 9.59 Å². The SMILES string of the molecule is CCc1ccc(C(=O)COC(=O)c2cc(-c3ccccc3Cl)nc3ccccc23)cc1. The first-order chi connectivity index (χ1) is 15.1. The summed E-state index contributed by atoms with van der Waals surface area (Å²) in [6, 6.07) is 23.6. The lowest BCUT2D eigenvalue weighted by atomic mass is 10.0. The van der Waals surface area contributed by atoms with Gasteiger partial charge in [0, 0.05) is 21.5 Å². The van der Waals surface area contributed by atoms with Gasteiger partial charge in [0.05, 0.1) is 16.8 Å². The third kappa shape index (κ3) is 4.49. The molecule has 0 saturated heterocycles. The van der Waals surface area contributed by atoms with Gasteiger partial charge in [-0.15, -0.1) is 0 Å². The second-order valence-corrected chi connectivity index (χ2v) is 7.51. The number of esters is 1. The Morgan fingerprint density at radius 2 is 1.65 bits per heavy atom. The molecule has 3 aromatic carbocycles. The lowest BCUT2D eigenvalue weighted by Gasteiger charge is -2.11. The monoisotopic (exact) mass is 429 g/mol. The molecule has 0 spiro atoms. The Bertz CT molecular complexity index is 1270. The largest absolute Gasteiger partial charge is 0.454 e. The van der Waals surface area contributed by atoms with Gasteiger partial charge in [-0.3, -0.25) is 4.79 Å². The molecular weight excluding hydrogens is 410 g/mol. The number of halogens is 1. The van der Waals surface area contributed by atoms with Gasteiger partial charge in [-0.1, -0.05) is 79.2 Å². The number of pyridine rings is 1. The molecule has 0 aliphatic heterocycles. The van der Waals surface area contributed by atoms with Gasteiger partial charge in [-0.05, 0) is 30.2 Å². The number of Topliss-reactive ketones (excluding diaryl/α,β-unsaturated/α-hetero) is 1. The predicted molar refractivity (Wildman–Crippen MR) is 123 cm³/mol. The highest BCUT2D eigenvalue weighted by Gasteiger charge is 2.18. The molecule has 0 fully saturated rings. The quantitative estimate of drug-likeness (QED) is 0.272. The first-order valence-corrected chi connectivity index (χ1v) is 10.4. The minimum Gasteiger partial charge on any atom is -0.454 e. The Kier molecular flexibility index (Phi) is 6.10. The summed E-state index contributed by atoms with van der Waals surface area (Å²) in [4.78, 5) is 30.0. The third-order valence-electron chi connectivity index (χ3n) is 5.10. The van der Waals surface area contributed by atoms with Gasteiger partial charge in [-0.25, -0.2) is 9.78 Å². The zero-order chi connectivity index (χ0) is 21.8. The van der Waals surface area contributed by atoms with Crippen molar-refractivity contribution in [3.8, 4) is 11.3 Å². The van der Waals surface area contributed by atoms with Crippen LogP contribution in [0, 0.1) is 0 Å². The van der Waals surface area contributed by atoms with E-state index in [-0.39, 0.29) is 12.4 Å². The molecule has 0 aliphatic rings. The number of aromatic nitrogens is 1. The van der Waals surface area contributed by atoms with Gasteiger partial charge in [0.1, 0.15) is 0 Å². The van der Waals surface area contributed by atoms with Crippen LogP contribution in [0.1, 0.15) is 33.2 Å². The Labute approximate surface area is 185 Å². The van der Waals surface area contributed by atoms with E-state index in [0.717, 1.165) is 17.5 Å². The normalized spacial score (nSPS) is 10.8. The molecule has 0 radical (unpaired) electrons. The van der Waals surface area contributed by atoms with Crippen LogP contribution >= 0.6 is 11.6 Å². The van der Waals surface area contributed by atoms with E-state index in [1.807, 2.05) is 48.5 Å². The maximum Gasteiger partial charge on any atom is 0.339 e. The average Bonchev–Trinajstić information content (AvgIpc) is 2.82. The summed E-state index contributed by atoms with van der Waals surface area (Å²) in [5.41, 5.74) is 3.93. The molecule has 0 N–H and O–H groups in total. The average molecular weight is 430 g/mol. The van der Waals surface area contributed by atoms with Crippen molar-refractivity contribution in [3.05, 3.63) is 101 Å². The van der Waals surface area contributed by atoms with E-state index >= 15 is 0 Å². The van der Waals surface area contributed by atoms with Crippen molar-refractivity contribution in [2.24, 2.45) is 0 Å².